The summed E-state index contributed by atoms with van der Waals surface area (Å²) in [7, 11) is 2.59. The first-order chi connectivity index (χ1) is 15.0. The van der Waals surface area contributed by atoms with Gasteiger partial charge in [-0.25, -0.2) is 0 Å². The molecular weight excluding hydrogens is 402 g/mol. The molecule has 6 nitrogen and oxygen atoms in total. The van der Waals surface area contributed by atoms with Crippen molar-refractivity contribution in [3.8, 4) is 23.0 Å². The monoisotopic (exact) mass is 424 g/mol. The third-order valence-corrected chi connectivity index (χ3v) is 6.15. The Morgan fingerprint density at radius 3 is 2.39 bits per heavy atom. The summed E-state index contributed by atoms with van der Waals surface area (Å²) in [6.45, 7) is 0.815. The topological polar surface area (TPSA) is 73.5 Å². The molecule has 0 radical (unpaired) electrons. The standard InChI is InChI=1S/C23H22F2N4O2/c1-30-21-18(24)20(19(25)22(28-21)31-2)29-11-14-10-27-17(13-4-3-5-15(26)8-13)9-16(14)23(12-29)6-7-23/h3-5,8-10H,6-7,11-12,26H2,1-2H3. The number of fused-ring (bicyclic) bond motifs is 2. The van der Waals surface area contributed by atoms with Gasteiger partial charge in [-0.05, 0) is 42.2 Å². The molecule has 3 heterocycles. The number of hydrogen-bond acceptors (Lipinski definition) is 6. The van der Waals surface area contributed by atoms with Crippen molar-refractivity contribution < 1.29 is 18.3 Å². The van der Waals surface area contributed by atoms with E-state index in [1.54, 1.807) is 11.1 Å². The normalized spacial score (nSPS) is 16.2. The Balaban J connectivity index is 1.57. The van der Waals surface area contributed by atoms with E-state index in [1.807, 2.05) is 24.3 Å². The smallest absolute Gasteiger partial charge is 0.255 e. The van der Waals surface area contributed by atoms with E-state index in [1.165, 1.54) is 19.8 Å². The molecule has 0 unspecified atom stereocenters. The van der Waals surface area contributed by atoms with E-state index in [0.717, 1.165) is 29.7 Å². The van der Waals surface area contributed by atoms with Crippen LogP contribution < -0.4 is 20.1 Å². The minimum Gasteiger partial charge on any atom is -0.479 e. The van der Waals surface area contributed by atoms with Gasteiger partial charge in [0.15, 0.2) is 0 Å². The molecule has 160 valence electrons. The molecule has 1 aromatic carbocycles. The number of benzene rings is 1. The molecule has 0 atom stereocenters. The largest absolute Gasteiger partial charge is 0.479 e. The van der Waals surface area contributed by atoms with Crippen LogP contribution in [0.1, 0.15) is 24.0 Å². The first-order valence-electron chi connectivity index (χ1n) is 10.0. The lowest BCUT2D eigenvalue weighted by atomic mass is 9.86. The Bertz CT molecular complexity index is 1150. The van der Waals surface area contributed by atoms with Crippen molar-refractivity contribution in [2.75, 3.05) is 31.4 Å². The molecule has 2 aromatic heterocycles. The van der Waals surface area contributed by atoms with Gasteiger partial charge in [0.25, 0.3) is 11.8 Å². The SMILES string of the molecule is COc1nc(OC)c(F)c(N2Cc3cnc(-c4cccc(N)c4)cc3C3(CC3)C2)c1F. The summed E-state index contributed by atoms with van der Waals surface area (Å²) in [5.41, 5.74) is 10.2. The summed E-state index contributed by atoms with van der Waals surface area (Å²) in [5, 5.41) is 0. The molecule has 0 bridgehead atoms. The van der Waals surface area contributed by atoms with Crippen molar-refractivity contribution in [1.82, 2.24) is 9.97 Å². The van der Waals surface area contributed by atoms with Crippen LogP contribution in [-0.2, 0) is 12.0 Å². The molecule has 3 aromatic rings. The molecule has 1 fully saturated rings. The lowest BCUT2D eigenvalue weighted by Crippen LogP contribution is -2.39. The molecule has 1 aliphatic carbocycles. The molecule has 0 saturated heterocycles. The zero-order chi connectivity index (χ0) is 21.8. The molecule has 1 aliphatic heterocycles. The molecule has 31 heavy (non-hydrogen) atoms. The number of nitrogen functional groups attached to an aromatic ring is 1. The molecule has 8 heteroatoms. The van der Waals surface area contributed by atoms with Gasteiger partial charge in [-0.2, -0.15) is 13.8 Å². The van der Waals surface area contributed by atoms with Gasteiger partial charge in [-0.1, -0.05) is 12.1 Å². The van der Waals surface area contributed by atoms with Gasteiger partial charge in [0.1, 0.15) is 5.69 Å². The second kappa shape index (κ2) is 7.08. The van der Waals surface area contributed by atoms with Crippen LogP contribution in [0.25, 0.3) is 11.3 Å². The number of halogens is 2. The van der Waals surface area contributed by atoms with Gasteiger partial charge in [0.2, 0.25) is 11.6 Å². The van der Waals surface area contributed by atoms with Crippen molar-refractivity contribution in [2.45, 2.75) is 24.8 Å². The van der Waals surface area contributed by atoms with Crippen LogP contribution in [0.3, 0.4) is 0 Å². The number of methoxy groups -OCH3 is 2. The summed E-state index contributed by atoms with van der Waals surface area (Å²) >= 11 is 0. The Hall–Kier alpha value is -3.42. The van der Waals surface area contributed by atoms with Crippen molar-refractivity contribution in [1.29, 1.82) is 0 Å². The maximum Gasteiger partial charge on any atom is 0.255 e. The van der Waals surface area contributed by atoms with Gasteiger partial charge >= 0.3 is 0 Å². The van der Waals surface area contributed by atoms with Gasteiger partial charge < -0.3 is 20.1 Å². The van der Waals surface area contributed by atoms with Crippen molar-refractivity contribution in [3.05, 3.63) is 59.3 Å². The number of nitrogens with two attached hydrogens (primary N) is 1. The molecule has 2 aliphatic rings. The second-order valence-electron chi connectivity index (χ2n) is 8.10. The number of hydrogen-bond donors (Lipinski definition) is 1. The number of anilines is 2. The highest BCUT2D eigenvalue weighted by Gasteiger charge is 2.50. The van der Waals surface area contributed by atoms with E-state index in [4.69, 9.17) is 15.2 Å². The lowest BCUT2D eigenvalue weighted by molar-refractivity contribution is 0.328. The van der Waals surface area contributed by atoms with E-state index < -0.39 is 11.6 Å². The van der Waals surface area contributed by atoms with E-state index in [0.29, 0.717) is 18.8 Å². The van der Waals surface area contributed by atoms with E-state index in [-0.39, 0.29) is 22.9 Å². The summed E-state index contributed by atoms with van der Waals surface area (Å²) in [6.07, 6.45) is 3.69. The van der Waals surface area contributed by atoms with Crippen LogP contribution in [0.15, 0.2) is 36.5 Å². The van der Waals surface area contributed by atoms with E-state index in [9.17, 15) is 0 Å². The molecule has 1 saturated carbocycles. The van der Waals surface area contributed by atoms with E-state index in [2.05, 4.69) is 16.0 Å². The van der Waals surface area contributed by atoms with E-state index >= 15 is 8.78 Å². The Kier molecular flexibility index (Phi) is 4.46. The van der Waals surface area contributed by atoms with Gasteiger partial charge in [-0.15, -0.1) is 0 Å². The quantitative estimate of drug-likeness (QED) is 0.637. The Morgan fingerprint density at radius 2 is 1.77 bits per heavy atom. The number of aromatic nitrogens is 2. The highest BCUT2D eigenvalue weighted by Crippen LogP contribution is 2.54. The van der Waals surface area contributed by atoms with Crippen LogP contribution >= 0.6 is 0 Å². The average Bonchev–Trinajstić information content (AvgIpc) is 3.54. The summed E-state index contributed by atoms with van der Waals surface area (Å²) in [4.78, 5) is 10.1. The van der Waals surface area contributed by atoms with Gasteiger partial charge in [0, 0.05) is 36.0 Å². The third-order valence-electron chi connectivity index (χ3n) is 6.15. The fourth-order valence-corrected chi connectivity index (χ4v) is 4.45. The molecule has 2 N–H and O–H groups in total. The first-order valence-corrected chi connectivity index (χ1v) is 10.0. The summed E-state index contributed by atoms with van der Waals surface area (Å²) in [5.74, 6) is -2.24. The Labute approximate surface area is 178 Å². The maximum absolute atomic E-state index is 15.1. The Morgan fingerprint density at radius 1 is 1.06 bits per heavy atom. The molecule has 0 amide bonds. The van der Waals surface area contributed by atoms with Crippen LogP contribution in [0.4, 0.5) is 20.2 Å². The zero-order valence-corrected chi connectivity index (χ0v) is 17.3. The minimum atomic E-state index is -0.829. The summed E-state index contributed by atoms with van der Waals surface area (Å²) in [6, 6.07) is 9.69. The van der Waals surface area contributed by atoms with Crippen LogP contribution in [0, 0.1) is 11.6 Å². The minimum absolute atomic E-state index is 0.159. The van der Waals surface area contributed by atoms with Crippen molar-refractivity contribution in [2.24, 2.45) is 0 Å². The van der Waals surface area contributed by atoms with Crippen LogP contribution in [0.5, 0.6) is 11.8 Å². The predicted molar refractivity (Wildman–Crippen MR) is 113 cm³/mol. The van der Waals surface area contributed by atoms with Gasteiger partial charge in [-0.3, -0.25) is 4.98 Å². The lowest BCUT2D eigenvalue weighted by Gasteiger charge is -2.37. The molecular formula is C23H22F2N4O2. The van der Waals surface area contributed by atoms with Crippen LogP contribution in [0.2, 0.25) is 0 Å². The molecule has 1 spiro atoms. The van der Waals surface area contributed by atoms with Gasteiger partial charge in [0.05, 0.1) is 19.9 Å². The predicted octanol–water partition coefficient (Wildman–Crippen LogP) is 4.07. The third kappa shape index (κ3) is 3.13. The fraction of sp³-hybridized carbons (Fsp3) is 0.304. The fourth-order valence-electron chi connectivity index (χ4n) is 4.45. The maximum atomic E-state index is 15.1. The highest BCUT2D eigenvalue weighted by molar-refractivity contribution is 5.67. The average molecular weight is 424 g/mol. The number of pyridine rings is 2. The zero-order valence-electron chi connectivity index (χ0n) is 17.3. The second-order valence-corrected chi connectivity index (χ2v) is 8.10. The number of nitrogens with zero attached hydrogens (tertiary/aromatic N) is 3. The number of rotatable bonds is 4. The van der Waals surface area contributed by atoms with Crippen LogP contribution in [-0.4, -0.2) is 30.7 Å². The summed E-state index contributed by atoms with van der Waals surface area (Å²) < 4.78 is 40.1. The highest BCUT2D eigenvalue weighted by atomic mass is 19.1. The molecule has 5 rings (SSSR count). The first kappa shape index (κ1) is 19.5. The van der Waals surface area contributed by atoms with Crippen molar-refractivity contribution >= 4 is 11.4 Å². The van der Waals surface area contributed by atoms with Crippen molar-refractivity contribution in [3.63, 3.8) is 0 Å². The number of ether oxygens (including phenoxy) is 2.